The Hall–Kier alpha value is -3.36. The molecule has 4 rings (SSSR count). The molecule has 0 aliphatic heterocycles. The number of rotatable bonds is 4. The lowest BCUT2D eigenvalue weighted by atomic mass is 10.2. The molecule has 1 aromatic carbocycles. The third-order valence-corrected chi connectivity index (χ3v) is 3.98. The maximum Gasteiger partial charge on any atom is 0.434 e. The molecule has 6 nitrogen and oxygen atoms in total. The minimum absolute atomic E-state index is 0.0954. The first-order valence-corrected chi connectivity index (χ1v) is 8.04. The van der Waals surface area contributed by atoms with Gasteiger partial charge in [0, 0.05) is 24.9 Å². The third kappa shape index (κ3) is 3.48. The number of alkyl halides is 3. The van der Waals surface area contributed by atoms with Crippen LogP contribution in [0, 0.1) is 0 Å². The molecule has 4 aromatic rings. The largest absolute Gasteiger partial charge is 0.468 e. The molecule has 27 heavy (non-hydrogen) atoms. The SMILES string of the molecule is Cn1cc(-c2ccccc2)nc1COc1ccc2nc(C(F)(F)F)cn2n1. The van der Waals surface area contributed by atoms with Gasteiger partial charge in [-0.3, -0.25) is 0 Å². The van der Waals surface area contributed by atoms with E-state index in [9.17, 15) is 13.2 Å². The first-order valence-electron chi connectivity index (χ1n) is 8.04. The van der Waals surface area contributed by atoms with Crippen LogP contribution in [0.1, 0.15) is 11.5 Å². The van der Waals surface area contributed by atoms with E-state index in [-0.39, 0.29) is 18.1 Å². The number of nitrogens with zero attached hydrogens (tertiary/aromatic N) is 5. The van der Waals surface area contributed by atoms with Crippen molar-refractivity contribution in [2.24, 2.45) is 7.05 Å². The maximum atomic E-state index is 12.7. The molecule has 3 heterocycles. The van der Waals surface area contributed by atoms with Crippen LogP contribution in [0.4, 0.5) is 13.2 Å². The molecule has 0 N–H and O–H groups in total. The lowest BCUT2D eigenvalue weighted by Crippen LogP contribution is -2.05. The minimum atomic E-state index is -4.52. The van der Waals surface area contributed by atoms with Crippen molar-refractivity contribution < 1.29 is 17.9 Å². The van der Waals surface area contributed by atoms with Crippen molar-refractivity contribution in [2.45, 2.75) is 12.8 Å². The molecular formula is C18H14F3N5O. The number of halogens is 3. The van der Waals surface area contributed by atoms with Gasteiger partial charge in [-0.15, -0.1) is 5.10 Å². The second kappa shape index (κ2) is 6.42. The van der Waals surface area contributed by atoms with Gasteiger partial charge in [-0.05, 0) is 6.07 Å². The summed E-state index contributed by atoms with van der Waals surface area (Å²) in [6.45, 7) is 0.128. The van der Waals surface area contributed by atoms with Crippen LogP contribution in [0.2, 0.25) is 0 Å². The molecule has 9 heteroatoms. The predicted octanol–water partition coefficient (Wildman–Crippen LogP) is 3.73. The Kier molecular flexibility index (Phi) is 4.06. The van der Waals surface area contributed by atoms with Crippen molar-refractivity contribution in [2.75, 3.05) is 0 Å². The van der Waals surface area contributed by atoms with Crippen LogP contribution in [-0.2, 0) is 19.8 Å². The summed E-state index contributed by atoms with van der Waals surface area (Å²) in [6.07, 6.45) is -1.80. The first-order chi connectivity index (χ1) is 12.9. The summed E-state index contributed by atoms with van der Waals surface area (Å²) in [4.78, 5) is 8.03. The molecule has 0 aliphatic carbocycles. The van der Waals surface area contributed by atoms with Crippen molar-refractivity contribution >= 4 is 5.65 Å². The van der Waals surface area contributed by atoms with Gasteiger partial charge in [-0.2, -0.15) is 13.2 Å². The van der Waals surface area contributed by atoms with Crippen LogP contribution in [0.3, 0.4) is 0 Å². The number of benzene rings is 1. The standard InChI is InChI=1S/C18H14F3N5O/c1-25-9-13(12-5-3-2-4-6-12)22-16(25)11-27-17-8-7-15-23-14(18(19,20)21)10-26(15)24-17/h2-10H,11H2,1H3. The van der Waals surface area contributed by atoms with Crippen molar-refractivity contribution in [3.05, 3.63) is 66.4 Å². The van der Waals surface area contributed by atoms with Crippen LogP contribution in [0.25, 0.3) is 16.9 Å². The van der Waals surface area contributed by atoms with Gasteiger partial charge in [-0.1, -0.05) is 30.3 Å². The molecule has 0 saturated heterocycles. The summed E-state index contributed by atoms with van der Waals surface area (Å²) in [6, 6.07) is 12.6. The van der Waals surface area contributed by atoms with E-state index in [1.165, 1.54) is 12.1 Å². The van der Waals surface area contributed by atoms with E-state index in [0.29, 0.717) is 5.82 Å². The molecule has 0 amide bonds. The predicted molar refractivity (Wildman–Crippen MR) is 91.0 cm³/mol. The number of imidazole rings is 2. The van der Waals surface area contributed by atoms with Crippen LogP contribution in [-0.4, -0.2) is 24.1 Å². The van der Waals surface area contributed by atoms with Crippen LogP contribution >= 0.6 is 0 Å². The molecular weight excluding hydrogens is 359 g/mol. The Morgan fingerprint density at radius 2 is 1.78 bits per heavy atom. The van der Waals surface area contributed by atoms with Crippen molar-refractivity contribution in [1.29, 1.82) is 0 Å². The fraction of sp³-hybridized carbons (Fsp3) is 0.167. The number of aryl methyl sites for hydroxylation is 1. The van der Waals surface area contributed by atoms with Gasteiger partial charge in [0.2, 0.25) is 5.88 Å². The molecule has 0 unspecified atom stereocenters. The zero-order valence-corrected chi connectivity index (χ0v) is 14.2. The van der Waals surface area contributed by atoms with Crippen molar-refractivity contribution in [3.63, 3.8) is 0 Å². The Bertz CT molecular complexity index is 1090. The van der Waals surface area contributed by atoms with Gasteiger partial charge in [0.25, 0.3) is 0 Å². The van der Waals surface area contributed by atoms with Gasteiger partial charge >= 0.3 is 6.18 Å². The second-order valence-corrected chi connectivity index (χ2v) is 5.91. The van der Waals surface area contributed by atoms with Gasteiger partial charge < -0.3 is 9.30 Å². The summed E-state index contributed by atoms with van der Waals surface area (Å²) < 4.78 is 46.7. The van der Waals surface area contributed by atoms with Crippen molar-refractivity contribution in [3.8, 4) is 17.1 Å². The van der Waals surface area contributed by atoms with E-state index in [2.05, 4.69) is 15.1 Å². The molecule has 0 bridgehead atoms. The quantitative estimate of drug-likeness (QED) is 0.547. The highest BCUT2D eigenvalue weighted by molar-refractivity contribution is 5.58. The number of hydrogen-bond acceptors (Lipinski definition) is 4. The summed E-state index contributed by atoms with van der Waals surface area (Å²) in [7, 11) is 1.85. The Labute approximate surface area is 151 Å². The van der Waals surface area contributed by atoms with E-state index < -0.39 is 11.9 Å². The Morgan fingerprint density at radius 3 is 2.52 bits per heavy atom. The zero-order valence-electron chi connectivity index (χ0n) is 14.2. The van der Waals surface area contributed by atoms with Crippen LogP contribution in [0.5, 0.6) is 5.88 Å². The van der Waals surface area contributed by atoms with Crippen LogP contribution < -0.4 is 4.74 Å². The number of hydrogen-bond donors (Lipinski definition) is 0. The minimum Gasteiger partial charge on any atom is -0.468 e. The molecule has 0 atom stereocenters. The fourth-order valence-corrected chi connectivity index (χ4v) is 2.60. The second-order valence-electron chi connectivity index (χ2n) is 5.91. The first kappa shape index (κ1) is 17.1. The van der Waals surface area contributed by atoms with E-state index in [1.807, 2.05) is 48.1 Å². The molecule has 138 valence electrons. The highest BCUT2D eigenvalue weighted by Gasteiger charge is 2.34. The van der Waals surface area contributed by atoms with Gasteiger partial charge in [0.05, 0.1) is 11.9 Å². The molecule has 3 aromatic heterocycles. The molecule has 0 saturated carbocycles. The summed E-state index contributed by atoms with van der Waals surface area (Å²) in [5.41, 5.74) is 0.892. The number of ether oxygens (including phenoxy) is 1. The van der Waals surface area contributed by atoms with E-state index in [0.717, 1.165) is 22.0 Å². The Balaban J connectivity index is 1.53. The maximum absolute atomic E-state index is 12.7. The van der Waals surface area contributed by atoms with E-state index >= 15 is 0 Å². The van der Waals surface area contributed by atoms with E-state index in [1.54, 1.807) is 0 Å². The summed E-state index contributed by atoms with van der Waals surface area (Å²) in [5.74, 6) is 0.843. The molecule has 0 aliphatic rings. The summed E-state index contributed by atoms with van der Waals surface area (Å²) >= 11 is 0. The zero-order chi connectivity index (χ0) is 19.0. The molecule has 0 spiro atoms. The topological polar surface area (TPSA) is 57.2 Å². The van der Waals surface area contributed by atoms with Gasteiger partial charge in [-0.25, -0.2) is 14.5 Å². The lowest BCUT2D eigenvalue weighted by molar-refractivity contribution is -0.140. The monoisotopic (exact) mass is 373 g/mol. The van der Waals surface area contributed by atoms with Crippen molar-refractivity contribution in [1.82, 2.24) is 24.1 Å². The van der Waals surface area contributed by atoms with E-state index in [4.69, 9.17) is 4.74 Å². The lowest BCUT2D eigenvalue weighted by Gasteiger charge is -2.05. The van der Waals surface area contributed by atoms with Gasteiger partial charge in [0.1, 0.15) is 12.4 Å². The van der Waals surface area contributed by atoms with Gasteiger partial charge in [0.15, 0.2) is 11.3 Å². The highest BCUT2D eigenvalue weighted by atomic mass is 19.4. The average molecular weight is 373 g/mol. The normalized spacial score (nSPS) is 11.9. The highest BCUT2D eigenvalue weighted by Crippen LogP contribution is 2.28. The fourth-order valence-electron chi connectivity index (χ4n) is 2.60. The number of aromatic nitrogens is 5. The number of fused-ring (bicyclic) bond motifs is 1. The van der Waals surface area contributed by atoms with Crippen LogP contribution in [0.15, 0.2) is 54.9 Å². The summed E-state index contributed by atoms with van der Waals surface area (Å²) in [5, 5.41) is 4.01. The molecule has 0 radical (unpaired) electrons. The third-order valence-electron chi connectivity index (χ3n) is 3.98. The Morgan fingerprint density at radius 1 is 1.00 bits per heavy atom. The molecule has 0 fully saturated rings. The smallest absolute Gasteiger partial charge is 0.434 e. The average Bonchev–Trinajstić information content (AvgIpc) is 3.23.